The van der Waals surface area contributed by atoms with Crippen LogP contribution in [0.1, 0.15) is 19.3 Å². The molecule has 1 N–H and O–H groups in total. The topological polar surface area (TPSA) is 67.5 Å². The number of hydrogen-bond donors (Lipinski definition) is 1. The van der Waals surface area contributed by atoms with Crippen molar-refractivity contribution in [2.75, 3.05) is 38.3 Å². The second-order valence-electron chi connectivity index (χ2n) is 7.06. The number of nitrogens with one attached hydrogen (secondary N) is 1. The molecule has 8 heteroatoms. The maximum atomic E-state index is 12.6. The lowest BCUT2D eigenvalue weighted by Gasteiger charge is -2.39. The minimum atomic E-state index is -0.117. The summed E-state index contributed by atoms with van der Waals surface area (Å²) < 4.78 is 10.7. The zero-order valence-corrected chi connectivity index (χ0v) is 16.7. The lowest BCUT2D eigenvalue weighted by molar-refractivity contribution is 0.133. The van der Waals surface area contributed by atoms with Crippen LogP contribution in [0.5, 0.6) is 5.88 Å². The summed E-state index contributed by atoms with van der Waals surface area (Å²) in [6.07, 6.45) is 4.99. The maximum Gasteiger partial charge on any atom is 0.263 e. The number of H-pyrrole nitrogens is 1. The van der Waals surface area contributed by atoms with Crippen molar-refractivity contribution in [3.8, 4) is 5.88 Å². The number of piperidine rings is 1. The van der Waals surface area contributed by atoms with Crippen LogP contribution < -0.4 is 15.2 Å². The van der Waals surface area contributed by atoms with Gasteiger partial charge in [0, 0.05) is 30.8 Å². The largest absolute Gasteiger partial charge is 0.480 e. The highest BCUT2D eigenvalue weighted by molar-refractivity contribution is 7.99. The molecule has 144 valence electrons. The second kappa shape index (κ2) is 7.73. The Bertz CT molecular complexity index is 873. The molecule has 27 heavy (non-hydrogen) atoms. The van der Waals surface area contributed by atoms with Crippen molar-refractivity contribution in [2.45, 2.75) is 29.1 Å². The Morgan fingerprint density at radius 3 is 2.74 bits per heavy atom. The molecule has 2 aromatic rings. The number of aromatic amines is 1. The maximum absolute atomic E-state index is 12.6. The van der Waals surface area contributed by atoms with Gasteiger partial charge in [-0.05, 0) is 42.9 Å². The lowest BCUT2D eigenvalue weighted by atomic mass is 9.78. The lowest BCUT2D eigenvalue weighted by Crippen LogP contribution is -2.41. The van der Waals surface area contributed by atoms with Crippen molar-refractivity contribution < 1.29 is 9.47 Å². The van der Waals surface area contributed by atoms with Gasteiger partial charge in [0.05, 0.1) is 18.6 Å². The van der Waals surface area contributed by atoms with Gasteiger partial charge in [0.15, 0.2) is 0 Å². The molecule has 0 saturated carbocycles. The zero-order valence-electron chi connectivity index (χ0n) is 15.2. The fourth-order valence-corrected chi connectivity index (χ4v) is 4.86. The predicted octanol–water partition coefficient (Wildman–Crippen LogP) is 3.59. The van der Waals surface area contributed by atoms with Gasteiger partial charge in [-0.2, -0.15) is 0 Å². The van der Waals surface area contributed by atoms with Gasteiger partial charge in [0.1, 0.15) is 10.8 Å². The Kier molecular flexibility index (Phi) is 5.34. The van der Waals surface area contributed by atoms with Crippen LogP contribution in [0.2, 0.25) is 5.02 Å². The minimum Gasteiger partial charge on any atom is -0.480 e. The van der Waals surface area contributed by atoms with E-state index in [1.807, 2.05) is 12.1 Å². The Balaban J connectivity index is 1.48. The smallest absolute Gasteiger partial charge is 0.263 e. The Morgan fingerprint density at radius 2 is 2.07 bits per heavy atom. The number of methoxy groups -OCH3 is 1. The quantitative estimate of drug-likeness (QED) is 0.835. The van der Waals surface area contributed by atoms with Gasteiger partial charge in [-0.1, -0.05) is 23.4 Å². The van der Waals surface area contributed by atoms with Gasteiger partial charge in [-0.3, -0.25) is 4.79 Å². The normalized spacial score (nSPS) is 18.8. The second-order valence-corrected chi connectivity index (χ2v) is 8.52. The van der Waals surface area contributed by atoms with Crippen LogP contribution in [0.25, 0.3) is 0 Å². The summed E-state index contributed by atoms with van der Waals surface area (Å²) in [7, 11) is 1.52. The van der Waals surface area contributed by atoms with Gasteiger partial charge in [-0.15, -0.1) is 0 Å². The average Bonchev–Trinajstić information content (AvgIpc) is 3.13. The highest BCUT2D eigenvalue weighted by Crippen LogP contribution is 2.40. The van der Waals surface area contributed by atoms with Crippen LogP contribution in [0, 0.1) is 5.41 Å². The fourth-order valence-electron chi connectivity index (χ4n) is 3.73. The van der Waals surface area contributed by atoms with E-state index in [0.29, 0.717) is 21.2 Å². The third kappa shape index (κ3) is 3.81. The molecule has 0 unspecified atom stereocenters. The predicted molar refractivity (Wildman–Crippen MR) is 106 cm³/mol. The van der Waals surface area contributed by atoms with E-state index < -0.39 is 0 Å². The molecule has 0 aliphatic carbocycles. The van der Waals surface area contributed by atoms with Gasteiger partial charge >= 0.3 is 0 Å². The molecule has 0 amide bonds. The molecule has 2 aromatic heterocycles. The monoisotopic (exact) mass is 407 g/mol. The first-order valence-corrected chi connectivity index (χ1v) is 10.2. The summed E-state index contributed by atoms with van der Waals surface area (Å²) in [5.41, 5.74) is 0.234. The van der Waals surface area contributed by atoms with Crippen LogP contribution in [0.15, 0.2) is 39.0 Å². The van der Waals surface area contributed by atoms with Crippen molar-refractivity contribution in [3.05, 3.63) is 39.8 Å². The average molecular weight is 408 g/mol. The molecular weight excluding hydrogens is 386 g/mol. The third-order valence-electron chi connectivity index (χ3n) is 5.44. The standard InChI is InChI=1S/C19H22ClN3O3S/c1-25-18-16(20)13(4-8-21-18)27-14-2-3-15(22-17(14)24)23-9-5-19(6-10-23)7-11-26-12-19/h2-4,8H,5-7,9-12H2,1H3,(H,22,24). The highest BCUT2D eigenvalue weighted by Gasteiger charge is 2.38. The number of anilines is 1. The van der Waals surface area contributed by atoms with Crippen molar-refractivity contribution in [1.82, 2.24) is 9.97 Å². The summed E-state index contributed by atoms with van der Waals surface area (Å²) in [6.45, 7) is 3.65. The SMILES string of the molecule is COc1nccc(Sc2ccc(N3CCC4(CCOC4)CC3)[nH]c2=O)c1Cl. The molecule has 4 rings (SSSR count). The summed E-state index contributed by atoms with van der Waals surface area (Å²) in [5, 5.41) is 0.411. The van der Waals surface area contributed by atoms with E-state index in [-0.39, 0.29) is 5.56 Å². The van der Waals surface area contributed by atoms with E-state index in [9.17, 15) is 4.79 Å². The number of ether oxygens (including phenoxy) is 2. The Hall–Kier alpha value is -1.70. The molecule has 2 aliphatic rings. The van der Waals surface area contributed by atoms with Gasteiger partial charge in [0.25, 0.3) is 5.56 Å². The summed E-state index contributed by atoms with van der Waals surface area (Å²) >= 11 is 7.59. The number of halogens is 1. The molecule has 0 radical (unpaired) electrons. The summed E-state index contributed by atoms with van der Waals surface area (Å²) in [5.74, 6) is 1.23. The fraction of sp³-hybridized carbons (Fsp3) is 0.474. The van der Waals surface area contributed by atoms with Crippen LogP contribution in [-0.2, 0) is 4.74 Å². The van der Waals surface area contributed by atoms with Crippen molar-refractivity contribution in [2.24, 2.45) is 5.41 Å². The molecule has 2 saturated heterocycles. The molecule has 2 fully saturated rings. The third-order valence-corrected chi connectivity index (χ3v) is 7.02. The number of pyridine rings is 2. The van der Waals surface area contributed by atoms with Crippen LogP contribution in [-0.4, -0.2) is 43.4 Å². The first-order chi connectivity index (χ1) is 13.1. The first-order valence-electron chi connectivity index (χ1n) is 9.03. The molecule has 6 nitrogen and oxygen atoms in total. The van der Waals surface area contributed by atoms with Gasteiger partial charge in [-0.25, -0.2) is 4.98 Å². The molecule has 4 heterocycles. The van der Waals surface area contributed by atoms with E-state index in [1.54, 1.807) is 12.3 Å². The summed E-state index contributed by atoms with van der Waals surface area (Å²) in [4.78, 5) is 23.2. The van der Waals surface area contributed by atoms with Crippen LogP contribution in [0.3, 0.4) is 0 Å². The number of hydrogen-bond acceptors (Lipinski definition) is 6. The minimum absolute atomic E-state index is 0.117. The van der Waals surface area contributed by atoms with Crippen molar-refractivity contribution in [3.63, 3.8) is 0 Å². The van der Waals surface area contributed by atoms with E-state index in [2.05, 4.69) is 14.9 Å². The Labute approximate surface area is 167 Å². The number of nitrogens with zero attached hydrogens (tertiary/aromatic N) is 2. The first kappa shape index (κ1) is 18.7. The molecule has 0 aromatic carbocycles. The van der Waals surface area contributed by atoms with Gasteiger partial charge < -0.3 is 19.4 Å². The van der Waals surface area contributed by atoms with Crippen molar-refractivity contribution in [1.29, 1.82) is 0 Å². The van der Waals surface area contributed by atoms with Crippen LogP contribution in [0.4, 0.5) is 5.82 Å². The van der Waals surface area contributed by atoms with E-state index in [0.717, 1.165) is 56.3 Å². The molecular formula is C19H22ClN3O3S. The van der Waals surface area contributed by atoms with Crippen molar-refractivity contribution >= 4 is 29.2 Å². The summed E-state index contributed by atoms with van der Waals surface area (Å²) in [6, 6.07) is 5.60. The van der Waals surface area contributed by atoms with Gasteiger partial charge in [0.2, 0.25) is 5.88 Å². The zero-order chi connectivity index (χ0) is 18.9. The van der Waals surface area contributed by atoms with E-state index >= 15 is 0 Å². The van der Waals surface area contributed by atoms with E-state index in [1.165, 1.54) is 18.9 Å². The molecule has 0 atom stereocenters. The number of aromatic nitrogens is 2. The molecule has 0 bridgehead atoms. The highest BCUT2D eigenvalue weighted by atomic mass is 35.5. The van der Waals surface area contributed by atoms with E-state index in [4.69, 9.17) is 21.1 Å². The number of rotatable bonds is 4. The van der Waals surface area contributed by atoms with Crippen LogP contribution >= 0.6 is 23.4 Å². The molecule has 2 aliphatic heterocycles. The Morgan fingerprint density at radius 1 is 1.26 bits per heavy atom. The molecule has 1 spiro atoms.